The molecular formula is C5H7FO3. The lowest BCUT2D eigenvalue weighted by Gasteiger charge is -1.85. The minimum atomic E-state index is -1.59. The van der Waals surface area contributed by atoms with Crippen molar-refractivity contribution in [3.63, 3.8) is 0 Å². The van der Waals surface area contributed by atoms with Crippen LogP contribution in [0.25, 0.3) is 0 Å². The normalized spacial score (nSPS) is 11.6. The van der Waals surface area contributed by atoms with E-state index in [9.17, 15) is 9.18 Å². The zero-order valence-corrected chi connectivity index (χ0v) is 4.67. The number of hydrogen-bond donors (Lipinski definition) is 2. The molecule has 0 amide bonds. The van der Waals surface area contributed by atoms with Crippen LogP contribution in [0.15, 0.2) is 11.9 Å². The van der Waals surface area contributed by atoms with E-state index < -0.39 is 11.8 Å². The third kappa shape index (κ3) is 3.66. The summed E-state index contributed by atoms with van der Waals surface area (Å²) in [4.78, 5) is 9.68. The van der Waals surface area contributed by atoms with Gasteiger partial charge in [-0.05, 0) is 12.5 Å². The zero-order valence-electron chi connectivity index (χ0n) is 4.67. The summed E-state index contributed by atoms with van der Waals surface area (Å²) in [5.74, 6) is -2.81. The second-order valence-corrected chi connectivity index (χ2v) is 1.37. The molecule has 0 saturated carbocycles. The molecule has 0 fully saturated rings. The van der Waals surface area contributed by atoms with Crippen LogP contribution in [-0.2, 0) is 4.79 Å². The van der Waals surface area contributed by atoms with E-state index in [1.807, 2.05) is 0 Å². The first-order valence-corrected chi connectivity index (χ1v) is 2.38. The predicted molar refractivity (Wildman–Crippen MR) is 28.5 cm³/mol. The van der Waals surface area contributed by atoms with Gasteiger partial charge in [0.1, 0.15) is 0 Å². The summed E-state index contributed by atoms with van der Waals surface area (Å²) < 4.78 is 11.9. The lowest BCUT2D eigenvalue weighted by atomic mass is 10.4. The van der Waals surface area contributed by atoms with Crippen molar-refractivity contribution in [3.05, 3.63) is 11.9 Å². The number of aliphatic hydroxyl groups excluding tert-OH is 1. The SMILES string of the molecule is O=C(O)C(F)=CCCO. The minimum Gasteiger partial charge on any atom is -0.476 e. The van der Waals surface area contributed by atoms with E-state index in [0.29, 0.717) is 0 Å². The molecule has 0 unspecified atom stereocenters. The molecular weight excluding hydrogens is 127 g/mol. The Kier molecular flexibility index (Phi) is 3.62. The molecule has 2 N–H and O–H groups in total. The smallest absolute Gasteiger partial charge is 0.364 e. The quantitative estimate of drug-likeness (QED) is 0.546. The number of halogens is 1. The number of aliphatic carboxylic acids is 1. The summed E-state index contributed by atoms with van der Waals surface area (Å²) in [7, 11) is 0. The number of rotatable bonds is 3. The molecule has 0 aliphatic heterocycles. The van der Waals surface area contributed by atoms with E-state index in [4.69, 9.17) is 10.2 Å². The molecule has 9 heavy (non-hydrogen) atoms. The van der Waals surface area contributed by atoms with E-state index in [1.165, 1.54) is 0 Å². The van der Waals surface area contributed by atoms with Crippen molar-refractivity contribution >= 4 is 5.97 Å². The molecule has 0 heterocycles. The van der Waals surface area contributed by atoms with Gasteiger partial charge in [0.05, 0.1) is 0 Å². The van der Waals surface area contributed by atoms with Crippen molar-refractivity contribution in [1.82, 2.24) is 0 Å². The Labute approximate surface area is 51.4 Å². The molecule has 0 saturated heterocycles. The maximum atomic E-state index is 11.9. The van der Waals surface area contributed by atoms with Crippen LogP contribution in [0.5, 0.6) is 0 Å². The van der Waals surface area contributed by atoms with Crippen LogP contribution in [0.1, 0.15) is 6.42 Å². The molecule has 0 radical (unpaired) electrons. The van der Waals surface area contributed by atoms with Crippen molar-refractivity contribution in [2.45, 2.75) is 6.42 Å². The van der Waals surface area contributed by atoms with Gasteiger partial charge < -0.3 is 10.2 Å². The highest BCUT2D eigenvalue weighted by Gasteiger charge is 2.01. The third-order valence-electron chi connectivity index (χ3n) is 0.657. The van der Waals surface area contributed by atoms with Crippen molar-refractivity contribution < 1.29 is 19.4 Å². The predicted octanol–water partition coefficient (Wildman–Crippen LogP) is 0.307. The van der Waals surface area contributed by atoms with Gasteiger partial charge in [-0.1, -0.05) is 0 Å². The highest BCUT2D eigenvalue weighted by Crippen LogP contribution is 1.96. The van der Waals surface area contributed by atoms with Crippen molar-refractivity contribution in [3.8, 4) is 0 Å². The van der Waals surface area contributed by atoms with E-state index in [-0.39, 0.29) is 13.0 Å². The monoisotopic (exact) mass is 134 g/mol. The van der Waals surface area contributed by atoms with Gasteiger partial charge >= 0.3 is 5.97 Å². The molecule has 0 rings (SSSR count). The van der Waals surface area contributed by atoms with E-state index in [2.05, 4.69) is 0 Å². The van der Waals surface area contributed by atoms with Crippen LogP contribution in [0.3, 0.4) is 0 Å². The second kappa shape index (κ2) is 4.03. The molecule has 0 atom stereocenters. The van der Waals surface area contributed by atoms with Crippen LogP contribution < -0.4 is 0 Å². The Hall–Kier alpha value is -0.900. The minimum absolute atomic E-state index is 0.0398. The van der Waals surface area contributed by atoms with Gasteiger partial charge in [-0.25, -0.2) is 4.79 Å². The van der Waals surface area contributed by atoms with Gasteiger partial charge in [0.2, 0.25) is 5.83 Å². The van der Waals surface area contributed by atoms with Gasteiger partial charge in [-0.2, -0.15) is 4.39 Å². The van der Waals surface area contributed by atoms with Crippen molar-refractivity contribution in [2.75, 3.05) is 6.61 Å². The Morgan fingerprint density at radius 2 is 2.22 bits per heavy atom. The summed E-state index contributed by atoms with van der Waals surface area (Å²) >= 11 is 0. The molecule has 0 aliphatic carbocycles. The Balaban J connectivity index is 3.69. The van der Waals surface area contributed by atoms with Gasteiger partial charge in [0.25, 0.3) is 0 Å². The summed E-state index contributed by atoms with van der Waals surface area (Å²) in [5.41, 5.74) is 0. The highest BCUT2D eigenvalue weighted by molar-refractivity contribution is 5.83. The zero-order chi connectivity index (χ0) is 7.28. The van der Waals surface area contributed by atoms with E-state index in [0.717, 1.165) is 6.08 Å². The number of aliphatic hydroxyl groups is 1. The van der Waals surface area contributed by atoms with Gasteiger partial charge in [-0.15, -0.1) is 0 Å². The fourth-order valence-electron chi connectivity index (χ4n) is 0.279. The third-order valence-corrected chi connectivity index (χ3v) is 0.657. The Bertz CT molecular complexity index is 130. The van der Waals surface area contributed by atoms with Gasteiger partial charge in [-0.3, -0.25) is 0 Å². The fraction of sp³-hybridized carbons (Fsp3) is 0.400. The molecule has 0 aliphatic rings. The molecule has 4 heteroatoms. The molecule has 0 aromatic heterocycles. The molecule has 0 aromatic carbocycles. The highest BCUT2D eigenvalue weighted by atomic mass is 19.1. The number of carboxylic acids is 1. The maximum absolute atomic E-state index is 11.9. The Morgan fingerprint density at radius 3 is 2.56 bits per heavy atom. The van der Waals surface area contributed by atoms with Crippen molar-refractivity contribution in [1.29, 1.82) is 0 Å². The van der Waals surface area contributed by atoms with Crippen LogP contribution in [0.2, 0.25) is 0 Å². The van der Waals surface area contributed by atoms with Crippen molar-refractivity contribution in [2.24, 2.45) is 0 Å². The topological polar surface area (TPSA) is 57.5 Å². The fourth-order valence-corrected chi connectivity index (χ4v) is 0.279. The number of carbonyl (C=O) groups is 1. The lowest BCUT2D eigenvalue weighted by Crippen LogP contribution is -1.94. The van der Waals surface area contributed by atoms with Gasteiger partial charge in [0, 0.05) is 6.61 Å². The largest absolute Gasteiger partial charge is 0.476 e. The van der Waals surface area contributed by atoms with E-state index >= 15 is 0 Å². The average molecular weight is 134 g/mol. The summed E-state index contributed by atoms with van der Waals surface area (Å²) in [6.45, 7) is -0.235. The number of hydrogen-bond acceptors (Lipinski definition) is 2. The van der Waals surface area contributed by atoms with Crippen LogP contribution >= 0.6 is 0 Å². The van der Waals surface area contributed by atoms with Crippen LogP contribution in [0.4, 0.5) is 4.39 Å². The summed E-state index contributed by atoms with van der Waals surface area (Å²) in [6, 6.07) is 0. The first-order chi connectivity index (χ1) is 4.18. The second-order valence-electron chi connectivity index (χ2n) is 1.37. The molecule has 0 spiro atoms. The average Bonchev–Trinajstić information content (AvgIpc) is 1.82. The summed E-state index contributed by atoms with van der Waals surface area (Å²) in [5, 5.41) is 16.0. The van der Waals surface area contributed by atoms with E-state index in [1.54, 1.807) is 0 Å². The van der Waals surface area contributed by atoms with Crippen LogP contribution in [-0.4, -0.2) is 22.8 Å². The lowest BCUT2D eigenvalue weighted by molar-refractivity contribution is -0.134. The van der Waals surface area contributed by atoms with Crippen LogP contribution in [0, 0.1) is 0 Å². The first-order valence-electron chi connectivity index (χ1n) is 2.38. The maximum Gasteiger partial charge on any atom is 0.364 e. The first kappa shape index (κ1) is 8.10. The molecule has 0 bridgehead atoms. The summed E-state index contributed by atoms with van der Waals surface area (Å²) in [6.07, 6.45) is 0.862. The number of carboxylic acid groups (broad SMARTS) is 1. The molecule has 3 nitrogen and oxygen atoms in total. The molecule has 0 aromatic rings. The molecule has 52 valence electrons. The van der Waals surface area contributed by atoms with Gasteiger partial charge in [0.15, 0.2) is 0 Å². The Morgan fingerprint density at radius 1 is 1.67 bits per heavy atom. The standard InChI is InChI=1S/C5H7FO3/c6-4(5(8)9)2-1-3-7/h2,7H,1,3H2,(H,8,9).